The molecule has 0 bridgehead atoms. The van der Waals surface area contributed by atoms with E-state index >= 15 is 0 Å². The lowest BCUT2D eigenvalue weighted by Gasteiger charge is -2.36. The van der Waals surface area contributed by atoms with Crippen LogP contribution in [0.4, 0.5) is 17.6 Å². The molecular formula is C25H34F4O2. The van der Waals surface area contributed by atoms with Gasteiger partial charge < -0.3 is 9.47 Å². The van der Waals surface area contributed by atoms with E-state index in [0.717, 1.165) is 5.92 Å². The van der Waals surface area contributed by atoms with Gasteiger partial charge in [0, 0.05) is 5.57 Å². The number of rotatable bonds is 8. The number of ether oxygens (including phenoxy) is 2. The molecule has 1 saturated carbocycles. The maximum absolute atomic E-state index is 14.8. The molecule has 2 aliphatic carbocycles. The van der Waals surface area contributed by atoms with E-state index in [1.165, 1.54) is 51.5 Å². The fraction of sp³-hybridized carbons (Fsp3) is 0.680. The molecule has 1 atom stereocenters. The summed E-state index contributed by atoms with van der Waals surface area (Å²) in [6.07, 6.45) is 6.74. The summed E-state index contributed by atoms with van der Waals surface area (Å²) < 4.78 is 68.0. The van der Waals surface area contributed by atoms with Gasteiger partial charge in [0.25, 0.3) is 0 Å². The largest absolute Gasteiger partial charge is 0.491 e. The fourth-order valence-corrected chi connectivity index (χ4v) is 5.19. The van der Waals surface area contributed by atoms with Gasteiger partial charge in [-0.15, -0.1) is 0 Å². The molecule has 0 N–H and O–H groups in total. The van der Waals surface area contributed by atoms with E-state index in [9.17, 15) is 17.6 Å². The zero-order valence-corrected chi connectivity index (χ0v) is 18.8. The van der Waals surface area contributed by atoms with Crippen LogP contribution in [0.1, 0.15) is 77.2 Å². The lowest BCUT2D eigenvalue weighted by atomic mass is 9.70. The topological polar surface area (TPSA) is 18.5 Å². The summed E-state index contributed by atoms with van der Waals surface area (Å²) in [5, 5.41) is 0. The fourth-order valence-electron chi connectivity index (χ4n) is 5.19. The summed E-state index contributed by atoms with van der Waals surface area (Å²) in [5.74, 6) is -1.98. The second kappa shape index (κ2) is 10.3. The standard InChI is InChI=1S/C25H34F4O2/c1-4-6-17-7-9-18(10-8-17)19-11-13-20(14-12-19)25(28,29)31-24-16(3)15-21(30-5-2)22(26)23(24)27/h13,15,17-19H,4-12,14H2,1-3H3. The number of halogens is 4. The summed E-state index contributed by atoms with van der Waals surface area (Å²) in [6.45, 7) is 5.39. The second-order valence-electron chi connectivity index (χ2n) is 9.03. The Bertz CT molecular complexity index is 782. The zero-order valence-electron chi connectivity index (χ0n) is 18.8. The molecule has 0 radical (unpaired) electrons. The normalized spacial score (nSPS) is 24.6. The number of hydrogen-bond donors (Lipinski definition) is 0. The van der Waals surface area contributed by atoms with Gasteiger partial charge in [-0.2, -0.15) is 17.6 Å². The molecule has 2 aliphatic rings. The molecule has 0 aliphatic heterocycles. The number of hydrogen-bond acceptors (Lipinski definition) is 2. The Morgan fingerprint density at radius 2 is 1.71 bits per heavy atom. The van der Waals surface area contributed by atoms with Crippen molar-refractivity contribution < 1.29 is 27.0 Å². The smallest absolute Gasteiger partial charge is 0.422 e. The Morgan fingerprint density at radius 3 is 2.29 bits per heavy atom. The molecule has 0 saturated heterocycles. The Kier molecular flexibility index (Phi) is 7.92. The Balaban J connectivity index is 1.65. The van der Waals surface area contributed by atoms with Crippen LogP contribution >= 0.6 is 0 Å². The molecule has 1 unspecified atom stereocenters. The highest BCUT2D eigenvalue weighted by atomic mass is 19.3. The SMILES string of the molecule is CCCC1CCC(C2CC=C(C(F)(F)Oc3c(C)cc(OCC)c(F)c3F)CC2)CC1. The molecule has 1 fully saturated rings. The summed E-state index contributed by atoms with van der Waals surface area (Å²) in [6, 6.07) is 1.19. The monoisotopic (exact) mass is 442 g/mol. The Labute approximate surface area is 183 Å². The number of aryl methyl sites for hydroxylation is 1. The number of alkyl halides is 2. The average Bonchev–Trinajstić information content (AvgIpc) is 2.76. The van der Waals surface area contributed by atoms with E-state index in [0.29, 0.717) is 24.7 Å². The van der Waals surface area contributed by atoms with Crippen molar-refractivity contribution in [1.29, 1.82) is 0 Å². The van der Waals surface area contributed by atoms with Crippen molar-refractivity contribution in [3.63, 3.8) is 0 Å². The minimum Gasteiger partial charge on any atom is -0.491 e. The van der Waals surface area contributed by atoms with Crippen molar-refractivity contribution in [2.45, 2.75) is 84.7 Å². The molecule has 1 aromatic rings. The van der Waals surface area contributed by atoms with Crippen molar-refractivity contribution in [2.24, 2.45) is 17.8 Å². The first kappa shape index (κ1) is 23.9. The maximum Gasteiger partial charge on any atom is 0.422 e. The van der Waals surface area contributed by atoms with Crippen molar-refractivity contribution in [1.82, 2.24) is 0 Å². The van der Waals surface area contributed by atoms with Gasteiger partial charge in [0.2, 0.25) is 11.6 Å². The summed E-state index contributed by atoms with van der Waals surface area (Å²) in [5.41, 5.74) is -0.0725. The molecule has 3 rings (SSSR count). The van der Waals surface area contributed by atoms with Crippen LogP contribution in [0.3, 0.4) is 0 Å². The van der Waals surface area contributed by atoms with Crippen LogP contribution < -0.4 is 9.47 Å². The average molecular weight is 443 g/mol. The van der Waals surface area contributed by atoms with E-state index in [4.69, 9.17) is 9.47 Å². The molecule has 174 valence electrons. The molecule has 6 heteroatoms. The van der Waals surface area contributed by atoms with Crippen molar-refractivity contribution in [2.75, 3.05) is 6.61 Å². The predicted molar refractivity (Wildman–Crippen MR) is 114 cm³/mol. The lowest BCUT2D eigenvalue weighted by molar-refractivity contribution is -0.147. The predicted octanol–water partition coefficient (Wildman–Crippen LogP) is 7.98. The number of allylic oxidation sites excluding steroid dienone is 1. The molecule has 0 spiro atoms. The highest BCUT2D eigenvalue weighted by molar-refractivity contribution is 5.42. The first-order valence-corrected chi connectivity index (χ1v) is 11.6. The third-order valence-corrected chi connectivity index (χ3v) is 6.92. The van der Waals surface area contributed by atoms with Crippen LogP contribution in [0.15, 0.2) is 17.7 Å². The first-order chi connectivity index (χ1) is 14.8. The van der Waals surface area contributed by atoms with Crippen molar-refractivity contribution >= 4 is 0 Å². The van der Waals surface area contributed by atoms with E-state index in [-0.39, 0.29) is 29.9 Å². The summed E-state index contributed by atoms with van der Waals surface area (Å²) in [7, 11) is 0. The zero-order chi connectivity index (χ0) is 22.6. The molecule has 0 heterocycles. The highest BCUT2D eigenvalue weighted by Crippen LogP contribution is 2.44. The van der Waals surface area contributed by atoms with E-state index < -0.39 is 23.5 Å². The van der Waals surface area contributed by atoms with Crippen LogP contribution in [0, 0.1) is 36.3 Å². The molecule has 2 nitrogen and oxygen atoms in total. The van der Waals surface area contributed by atoms with Crippen molar-refractivity contribution in [3.8, 4) is 11.5 Å². The minimum atomic E-state index is -3.67. The van der Waals surface area contributed by atoms with Crippen LogP contribution in [0.25, 0.3) is 0 Å². The molecule has 1 aromatic carbocycles. The van der Waals surface area contributed by atoms with Crippen LogP contribution in [0.5, 0.6) is 11.5 Å². The van der Waals surface area contributed by atoms with Gasteiger partial charge in [-0.1, -0.05) is 38.7 Å². The lowest BCUT2D eigenvalue weighted by Crippen LogP contribution is -2.31. The van der Waals surface area contributed by atoms with E-state index in [1.807, 2.05) is 0 Å². The van der Waals surface area contributed by atoms with Gasteiger partial charge in [-0.25, -0.2) is 0 Å². The first-order valence-electron chi connectivity index (χ1n) is 11.6. The molecule has 0 aromatic heterocycles. The summed E-state index contributed by atoms with van der Waals surface area (Å²) >= 11 is 0. The third-order valence-electron chi connectivity index (χ3n) is 6.92. The quantitative estimate of drug-likeness (QED) is 0.300. The molecule has 0 amide bonds. The van der Waals surface area contributed by atoms with Gasteiger partial charge >= 0.3 is 6.11 Å². The van der Waals surface area contributed by atoms with Crippen LogP contribution in [-0.4, -0.2) is 12.7 Å². The van der Waals surface area contributed by atoms with Crippen molar-refractivity contribution in [3.05, 3.63) is 34.9 Å². The van der Waals surface area contributed by atoms with Gasteiger partial charge in [-0.05, 0) is 75.3 Å². The second-order valence-corrected chi connectivity index (χ2v) is 9.03. The Hall–Kier alpha value is -1.72. The van der Waals surface area contributed by atoms with Gasteiger partial charge in [0.15, 0.2) is 11.5 Å². The Morgan fingerprint density at radius 1 is 1.00 bits per heavy atom. The molecule has 31 heavy (non-hydrogen) atoms. The van der Waals surface area contributed by atoms with E-state index in [1.54, 1.807) is 13.0 Å². The van der Waals surface area contributed by atoms with Gasteiger partial charge in [0.05, 0.1) is 6.61 Å². The van der Waals surface area contributed by atoms with E-state index in [2.05, 4.69) is 6.92 Å². The minimum absolute atomic E-state index is 0.0696. The van der Waals surface area contributed by atoms with Gasteiger partial charge in [-0.3, -0.25) is 0 Å². The number of benzene rings is 1. The van der Waals surface area contributed by atoms with Crippen LogP contribution in [-0.2, 0) is 0 Å². The molecular weight excluding hydrogens is 408 g/mol. The third kappa shape index (κ3) is 5.56. The summed E-state index contributed by atoms with van der Waals surface area (Å²) in [4.78, 5) is 0. The highest BCUT2D eigenvalue weighted by Gasteiger charge is 2.41. The van der Waals surface area contributed by atoms with Crippen LogP contribution in [0.2, 0.25) is 0 Å². The van der Waals surface area contributed by atoms with Gasteiger partial charge in [0.1, 0.15) is 0 Å². The maximum atomic E-state index is 14.8.